The smallest absolute Gasteiger partial charge is 0.325 e. The Balaban J connectivity index is 1.70. The van der Waals surface area contributed by atoms with Crippen molar-refractivity contribution in [2.75, 3.05) is 7.11 Å². The van der Waals surface area contributed by atoms with Gasteiger partial charge < -0.3 is 9.72 Å². The van der Waals surface area contributed by atoms with Gasteiger partial charge in [-0.3, -0.25) is 14.3 Å². The molecule has 31 heavy (non-hydrogen) atoms. The first-order chi connectivity index (χ1) is 15.0. The first-order valence-corrected chi connectivity index (χ1v) is 10.3. The van der Waals surface area contributed by atoms with Gasteiger partial charge in [-0.1, -0.05) is 23.9 Å². The maximum Gasteiger partial charge on any atom is 0.325 e. The van der Waals surface area contributed by atoms with Crippen molar-refractivity contribution < 1.29 is 9.13 Å². The van der Waals surface area contributed by atoms with E-state index in [-0.39, 0.29) is 12.2 Å². The molecule has 0 radical (unpaired) electrons. The van der Waals surface area contributed by atoms with Crippen LogP contribution in [-0.4, -0.2) is 31.8 Å². The predicted octanol–water partition coefficient (Wildman–Crippen LogP) is 2.67. The number of ether oxygens (including phenoxy) is 1. The number of nitrogens with one attached hydrogen (secondary N) is 2. The van der Waals surface area contributed by atoms with E-state index in [9.17, 15) is 14.0 Å². The number of halogens is 1. The Hall–Kier alpha value is -3.66. The summed E-state index contributed by atoms with van der Waals surface area (Å²) in [7, 11) is 1.59. The number of nitrogens with zero attached hydrogens (tertiary/aromatic N) is 3. The molecule has 4 rings (SSSR count). The van der Waals surface area contributed by atoms with Crippen LogP contribution in [-0.2, 0) is 12.2 Å². The van der Waals surface area contributed by atoms with Crippen LogP contribution in [0.15, 0.2) is 69.3 Å². The van der Waals surface area contributed by atoms with Crippen molar-refractivity contribution in [1.82, 2.24) is 24.7 Å². The SMILES string of the molecule is COc1ccc(-n2c(Cc3cc(=O)[nH]c(=O)[nH]3)nnc2SCc2cccc(F)c2)cc1. The molecule has 0 amide bonds. The molecule has 4 aromatic rings. The zero-order chi connectivity index (χ0) is 21.8. The molecular formula is C21H18FN5O3S. The summed E-state index contributed by atoms with van der Waals surface area (Å²) in [4.78, 5) is 28.0. The molecule has 0 atom stereocenters. The van der Waals surface area contributed by atoms with Gasteiger partial charge in [0.25, 0.3) is 5.56 Å². The van der Waals surface area contributed by atoms with E-state index in [1.54, 1.807) is 13.2 Å². The summed E-state index contributed by atoms with van der Waals surface area (Å²) in [5, 5.41) is 9.15. The second-order valence-corrected chi connectivity index (χ2v) is 7.58. The van der Waals surface area contributed by atoms with Crippen molar-refractivity contribution in [1.29, 1.82) is 0 Å². The molecule has 0 fully saturated rings. The molecule has 0 saturated carbocycles. The molecule has 2 aromatic heterocycles. The number of methoxy groups -OCH3 is 1. The van der Waals surface area contributed by atoms with Crippen LogP contribution < -0.4 is 16.0 Å². The predicted molar refractivity (Wildman–Crippen MR) is 114 cm³/mol. The molecule has 2 N–H and O–H groups in total. The number of hydrogen-bond acceptors (Lipinski definition) is 6. The highest BCUT2D eigenvalue weighted by atomic mass is 32.2. The summed E-state index contributed by atoms with van der Waals surface area (Å²) in [6.07, 6.45) is 0.193. The lowest BCUT2D eigenvalue weighted by Gasteiger charge is -2.11. The van der Waals surface area contributed by atoms with Gasteiger partial charge in [-0.05, 0) is 42.0 Å². The lowest BCUT2D eigenvalue weighted by molar-refractivity contribution is 0.414. The van der Waals surface area contributed by atoms with Crippen LogP contribution in [0.3, 0.4) is 0 Å². The maximum atomic E-state index is 13.5. The second kappa shape index (κ2) is 9.00. The van der Waals surface area contributed by atoms with Crippen LogP contribution in [0.4, 0.5) is 4.39 Å². The van der Waals surface area contributed by atoms with Crippen molar-refractivity contribution in [2.45, 2.75) is 17.3 Å². The molecule has 2 aromatic carbocycles. The normalized spacial score (nSPS) is 10.9. The molecule has 0 aliphatic carbocycles. The van der Waals surface area contributed by atoms with E-state index in [4.69, 9.17) is 4.74 Å². The van der Waals surface area contributed by atoms with Crippen molar-refractivity contribution in [2.24, 2.45) is 0 Å². The first-order valence-electron chi connectivity index (χ1n) is 9.30. The summed E-state index contributed by atoms with van der Waals surface area (Å²) in [6, 6.07) is 15.0. The summed E-state index contributed by atoms with van der Waals surface area (Å²) >= 11 is 1.40. The molecule has 0 spiro atoms. The van der Waals surface area contributed by atoms with Crippen LogP contribution in [0.2, 0.25) is 0 Å². The maximum absolute atomic E-state index is 13.5. The standard InChI is InChI=1S/C21H18FN5O3S/c1-30-17-7-5-16(6-8-17)27-18(10-15-11-19(28)24-20(29)23-15)25-26-21(27)31-12-13-3-2-4-14(22)9-13/h2-9,11H,10,12H2,1H3,(H2,23,24,28,29). The number of hydrogen-bond donors (Lipinski definition) is 2. The molecule has 0 saturated heterocycles. The third-order valence-electron chi connectivity index (χ3n) is 4.45. The minimum absolute atomic E-state index is 0.193. The van der Waals surface area contributed by atoms with Gasteiger partial charge in [0, 0.05) is 29.6 Å². The van der Waals surface area contributed by atoms with Crippen LogP contribution in [0.5, 0.6) is 5.75 Å². The van der Waals surface area contributed by atoms with E-state index in [1.165, 1.54) is 30.0 Å². The van der Waals surface area contributed by atoms with E-state index in [2.05, 4.69) is 20.2 Å². The molecule has 158 valence electrons. The average molecular weight is 439 g/mol. The Morgan fingerprint density at radius 2 is 1.87 bits per heavy atom. The minimum Gasteiger partial charge on any atom is -0.497 e. The lowest BCUT2D eigenvalue weighted by Crippen LogP contribution is -2.23. The fourth-order valence-electron chi connectivity index (χ4n) is 3.06. The van der Waals surface area contributed by atoms with Gasteiger partial charge in [0.2, 0.25) is 0 Å². The Labute approximate surface area is 180 Å². The highest BCUT2D eigenvalue weighted by Gasteiger charge is 2.16. The Bertz CT molecular complexity index is 1290. The van der Waals surface area contributed by atoms with E-state index >= 15 is 0 Å². The monoisotopic (exact) mass is 439 g/mol. The largest absolute Gasteiger partial charge is 0.497 e. The Morgan fingerprint density at radius 1 is 1.06 bits per heavy atom. The van der Waals surface area contributed by atoms with Gasteiger partial charge in [-0.2, -0.15) is 0 Å². The fourth-order valence-corrected chi connectivity index (χ4v) is 3.97. The molecule has 0 bridgehead atoms. The molecule has 10 heteroatoms. The van der Waals surface area contributed by atoms with Crippen LogP contribution in [0.1, 0.15) is 17.1 Å². The summed E-state index contributed by atoms with van der Waals surface area (Å²) < 4.78 is 20.6. The Kier molecular flexibility index (Phi) is 5.99. The molecule has 0 aliphatic rings. The van der Waals surface area contributed by atoms with E-state index < -0.39 is 11.2 Å². The van der Waals surface area contributed by atoms with Crippen LogP contribution in [0, 0.1) is 5.82 Å². The molecule has 0 unspecified atom stereocenters. The van der Waals surface area contributed by atoms with Gasteiger partial charge in [-0.15, -0.1) is 10.2 Å². The number of aromatic nitrogens is 5. The van der Waals surface area contributed by atoms with Crippen LogP contribution in [0.25, 0.3) is 5.69 Å². The molecule has 8 nitrogen and oxygen atoms in total. The highest BCUT2D eigenvalue weighted by molar-refractivity contribution is 7.98. The van der Waals surface area contributed by atoms with Gasteiger partial charge in [-0.25, -0.2) is 9.18 Å². The molecule has 2 heterocycles. The second-order valence-electron chi connectivity index (χ2n) is 6.64. The highest BCUT2D eigenvalue weighted by Crippen LogP contribution is 2.27. The van der Waals surface area contributed by atoms with E-state index in [0.717, 1.165) is 11.3 Å². The van der Waals surface area contributed by atoms with Crippen molar-refractivity contribution in [3.8, 4) is 11.4 Å². The van der Waals surface area contributed by atoms with Crippen molar-refractivity contribution >= 4 is 11.8 Å². The first kappa shape index (κ1) is 20.6. The average Bonchev–Trinajstić information content (AvgIpc) is 3.14. The molecular weight excluding hydrogens is 421 g/mol. The summed E-state index contributed by atoms with van der Waals surface area (Å²) in [5.74, 6) is 1.43. The zero-order valence-electron chi connectivity index (χ0n) is 16.5. The summed E-state index contributed by atoms with van der Waals surface area (Å²) in [6.45, 7) is 0. The molecule has 0 aliphatic heterocycles. The number of H-pyrrole nitrogens is 2. The van der Waals surface area contributed by atoms with E-state index in [0.29, 0.717) is 28.2 Å². The topological polar surface area (TPSA) is 106 Å². The third-order valence-corrected chi connectivity index (χ3v) is 5.45. The van der Waals surface area contributed by atoms with Gasteiger partial charge >= 0.3 is 5.69 Å². The van der Waals surface area contributed by atoms with Crippen molar-refractivity contribution in [3.05, 3.63) is 98.3 Å². The van der Waals surface area contributed by atoms with Gasteiger partial charge in [0.15, 0.2) is 5.16 Å². The van der Waals surface area contributed by atoms with Crippen LogP contribution >= 0.6 is 11.8 Å². The number of aromatic amines is 2. The van der Waals surface area contributed by atoms with E-state index in [1.807, 2.05) is 34.9 Å². The zero-order valence-corrected chi connectivity index (χ0v) is 17.3. The number of benzene rings is 2. The van der Waals surface area contributed by atoms with Crippen molar-refractivity contribution in [3.63, 3.8) is 0 Å². The lowest BCUT2D eigenvalue weighted by atomic mass is 10.2. The quantitative estimate of drug-likeness (QED) is 0.429. The van der Waals surface area contributed by atoms with Gasteiger partial charge in [0.1, 0.15) is 17.4 Å². The number of thioether (sulfide) groups is 1. The number of rotatable bonds is 7. The fraction of sp³-hybridized carbons (Fsp3) is 0.143. The third kappa shape index (κ3) is 4.92. The summed E-state index contributed by atoms with van der Waals surface area (Å²) in [5.41, 5.74) is 0.941. The minimum atomic E-state index is -0.585. The van der Waals surface area contributed by atoms with Gasteiger partial charge in [0.05, 0.1) is 7.11 Å². The Morgan fingerprint density at radius 3 is 2.58 bits per heavy atom.